The van der Waals surface area contributed by atoms with Crippen LogP contribution >= 0.6 is 11.6 Å². The molecule has 0 fully saturated rings. The van der Waals surface area contributed by atoms with Crippen LogP contribution in [0.2, 0.25) is 0 Å². The lowest BCUT2D eigenvalue weighted by Crippen LogP contribution is -2.41. The molecule has 0 aliphatic heterocycles. The lowest BCUT2D eigenvalue weighted by atomic mass is 10.2. The molecular weight excluding hydrogens is 324 g/mol. The predicted octanol–water partition coefficient (Wildman–Crippen LogP) is 2.75. The van der Waals surface area contributed by atoms with E-state index in [1.807, 2.05) is 0 Å². The molecule has 1 unspecified atom stereocenters. The summed E-state index contributed by atoms with van der Waals surface area (Å²) in [5.74, 6) is -2.46. The maximum absolute atomic E-state index is 14.2. The summed E-state index contributed by atoms with van der Waals surface area (Å²) < 4.78 is 58.8. The third-order valence-corrected chi connectivity index (χ3v) is 5.46. The molecule has 0 bridgehead atoms. The van der Waals surface area contributed by atoms with Crippen LogP contribution in [-0.4, -0.2) is 39.0 Å². The van der Waals surface area contributed by atoms with E-state index < -0.39 is 44.0 Å². The number of alkyl halides is 1. The summed E-state index contributed by atoms with van der Waals surface area (Å²) in [7, 11) is -2.65. The average Bonchev–Trinajstić information content (AvgIpc) is 2.39. The van der Waals surface area contributed by atoms with Crippen molar-refractivity contribution < 1.29 is 21.9 Å². The molecule has 0 aliphatic carbocycles. The zero-order valence-electron chi connectivity index (χ0n) is 12.1. The fourth-order valence-electron chi connectivity index (χ4n) is 2.07. The highest BCUT2D eigenvalue weighted by Gasteiger charge is 2.31. The van der Waals surface area contributed by atoms with Crippen LogP contribution in [0.25, 0.3) is 0 Å². The molecule has 0 saturated heterocycles. The molecule has 0 radical (unpaired) electrons. The SMILES string of the molecule is CCN(C(C)COC)S(=O)(=O)c1ccc(F)c(CCl)c1F. The number of rotatable bonds is 7. The summed E-state index contributed by atoms with van der Waals surface area (Å²) in [6.07, 6.45) is 0. The number of ether oxygens (including phenoxy) is 1. The fourth-order valence-corrected chi connectivity index (χ4v) is 4.03. The summed E-state index contributed by atoms with van der Waals surface area (Å²) in [6, 6.07) is 1.34. The molecule has 4 nitrogen and oxygen atoms in total. The Labute approximate surface area is 128 Å². The zero-order valence-corrected chi connectivity index (χ0v) is 13.6. The lowest BCUT2D eigenvalue weighted by molar-refractivity contribution is 0.142. The molecule has 1 rings (SSSR count). The van der Waals surface area contributed by atoms with Crippen molar-refractivity contribution in [3.05, 3.63) is 29.3 Å². The van der Waals surface area contributed by atoms with Gasteiger partial charge in [0.25, 0.3) is 0 Å². The van der Waals surface area contributed by atoms with Gasteiger partial charge in [-0.3, -0.25) is 0 Å². The van der Waals surface area contributed by atoms with E-state index >= 15 is 0 Å². The Balaban J connectivity index is 3.36. The van der Waals surface area contributed by atoms with Gasteiger partial charge in [0.15, 0.2) is 5.82 Å². The van der Waals surface area contributed by atoms with E-state index in [4.69, 9.17) is 16.3 Å². The molecule has 0 N–H and O–H groups in total. The first-order valence-electron chi connectivity index (χ1n) is 6.34. The van der Waals surface area contributed by atoms with Crippen LogP contribution < -0.4 is 0 Å². The van der Waals surface area contributed by atoms with Crippen molar-refractivity contribution in [2.45, 2.75) is 30.7 Å². The van der Waals surface area contributed by atoms with Crippen LogP contribution in [0.15, 0.2) is 17.0 Å². The molecule has 21 heavy (non-hydrogen) atoms. The van der Waals surface area contributed by atoms with Crippen LogP contribution in [0.4, 0.5) is 8.78 Å². The minimum absolute atomic E-state index is 0.139. The van der Waals surface area contributed by atoms with Crippen LogP contribution in [0.5, 0.6) is 0 Å². The van der Waals surface area contributed by atoms with Crippen molar-refractivity contribution in [1.82, 2.24) is 4.31 Å². The topological polar surface area (TPSA) is 46.6 Å². The van der Waals surface area contributed by atoms with Gasteiger partial charge in [0.1, 0.15) is 10.7 Å². The maximum atomic E-state index is 14.2. The van der Waals surface area contributed by atoms with E-state index in [1.165, 1.54) is 7.11 Å². The first-order valence-corrected chi connectivity index (χ1v) is 8.32. The number of hydrogen-bond donors (Lipinski definition) is 0. The highest BCUT2D eigenvalue weighted by molar-refractivity contribution is 7.89. The van der Waals surface area contributed by atoms with Gasteiger partial charge < -0.3 is 4.74 Å². The second kappa shape index (κ2) is 7.49. The summed E-state index contributed by atoms with van der Waals surface area (Å²) in [4.78, 5) is -0.579. The number of likely N-dealkylation sites (N-methyl/N-ethyl adjacent to an activating group) is 1. The molecule has 8 heteroatoms. The molecule has 0 aliphatic rings. The first kappa shape index (κ1) is 18.3. The molecule has 120 valence electrons. The highest BCUT2D eigenvalue weighted by Crippen LogP contribution is 2.26. The third kappa shape index (κ3) is 3.71. The average molecular weight is 342 g/mol. The number of halogens is 3. The second-order valence-corrected chi connectivity index (χ2v) is 6.61. The van der Waals surface area contributed by atoms with Gasteiger partial charge in [-0.05, 0) is 19.1 Å². The van der Waals surface area contributed by atoms with Gasteiger partial charge >= 0.3 is 0 Å². The molecule has 1 aromatic carbocycles. The smallest absolute Gasteiger partial charge is 0.246 e. The molecule has 1 atom stereocenters. The Bertz CT molecular complexity index is 595. The van der Waals surface area contributed by atoms with E-state index in [0.717, 1.165) is 16.4 Å². The minimum atomic E-state index is -4.10. The Morgan fingerprint density at radius 2 is 2.00 bits per heavy atom. The number of sulfonamides is 1. The van der Waals surface area contributed by atoms with Crippen molar-refractivity contribution in [1.29, 1.82) is 0 Å². The molecule has 0 aromatic heterocycles. The Morgan fingerprint density at radius 3 is 2.48 bits per heavy atom. The van der Waals surface area contributed by atoms with Gasteiger partial charge in [0.2, 0.25) is 10.0 Å². The first-order chi connectivity index (χ1) is 9.81. The maximum Gasteiger partial charge on any atom is 0.246 e. The molecule has 0 saturated carbocycles. The second-order valence-electron chi connectivity index (χ2n) is 4.48. The van der Waals surface area contributed by atoms with Crippen LogP contribution in [0, 0.1) is 11.6 Å². The van der Waals surface area contributed by atoms with E-state index in [1.54, 1.807) is 13.8 Å². The Kier molecular flexibility index (Phi) is 6.52. The summed E-state index contributed by atoms with van der Waals surface area (Å²) in [5.41, 5.74) is -0.451. The predicted molar refractivity (Wildman–Crippen MR) is 76.8 cm³/mol. The number of nitrogens with zero attached hydrogens (tertiary/aromatic N) is 1. The molecule has 0 amide bonds. The van der Waals surface area contributed by atoms with Gasteiger partial charge in [-0.1, -0.05) is 6.92 Å². The van der Waals surface area contributed by atoms with E-state index in [2.05, 4.69) is 0 Å². The van der Waals surface area contributed by atoms with Crippen molar-refractivity contribution in [2.75, 3.05) is 20.3 Å². The van der Waals surface area contributed by atoms with Crippen molar-refractivity contribution in [2.24, 2.45) is 0 Å². The highest BCUT2D eigenvalue weighted by atomic mass is 35.5. The fraction of sp³-hybridized carbons (Fsp3) is 0.538. The van der Waals surface area contributed by atoms with Gasteiger partial charge in [-0.25, -0.2) is 17.2 Å². The summed E-state index contributed by atoms with van der Waals surface area (Å²) in [6.45, 7) is 3.58. The van der Waals surface area contributed by atoms with Crippen LogP contribution in [0.1, 0.15) is 19.4 Å². The van der Waals surface area contributed by atoms with E-state index in [9.17, 15) is 17.2 Å². The zero-order chi connectivity index (χ0) is 16.2. The number of methoxy groups -OCH3 is 1. The quantitative estimate of drug-likeness (QED) is 0.716. The van der Waals surface area contributed by atoms with Gasteiger partial charge in [0, 0.05) is 25.3 Å². The van der Waals surface area contributed by atoms with Crippen LogP contribution in [0.3, 0.4) is 0 Å². The lowest BCUT2D eigenvalue weighted by Gasteiger charge is -2.27. The van der Waals surface area contributed by atoms with E-state index in [-0.39, 0.29) is 13.2 Å². The Morgan fingerprint density at radius 1 is 1.38 bits per heavy atom. The van der Waals surface area contributed by atoms with Crippen LogP contribution in [-0.2, 0) is 20.6 Å². The number of benzene rings is 1. The van der Waals surface area contributed by atoms with Gasteiger partial charge in [-0.15, -0.1) is 11.6 Å². The van der Waals surface area contributed by atoms with Gasteiger partial charge in [-0.2, -0.15) is 4.31 Å². The molecular formula is C13H18ClF2NO3S. The summed E-state index contributed by atoms with van der Waals surface area (Å²) >= 11 is 5.48. The largest absolute Gasteiger partial charge is 0.383 e. The molecule has 0 spiro atoms. The Hall–Kier alpha value is -0.760. The summed E-state index contributed by atoms with van der Waals surface area (Å²) in [5, 5.41) is 0. The minimum Gasteiger partial charge on any atom is -0.383 e. The third-order valence-electron chi connectivity index (χ3n) is 3.08. The standard InChI is InChI=1S/C13H18ClF2NO3S/c1-4-17(9(2)8-20-3)21(18,19)12-6-5-11(15)10(7-14)13(12)16/h5-6,9H,4,7-8H2,1-3H3. The van der Waals surface area contributed by atoms with Crippen molar-refractivity contribution in [3.63, 3.8) is 0 Å². The monoisotopic (exact) mass is 341 g/mol. The van der Waals surface area contributed by atoms with Gasteiger partial charge in [0.05, 0.1) is 12.5 Å². The van der Waals surface area contributed by atoms with Crippen molar-refractivity contribution in [3.8, 4) is 0 Å². The normalized spacial score (nSPS) is 13.7. The molecule has 1 aromatic rings. The van der Waals surface area contributed by atoms with E-state index in [0.29, 0.717) is 0 Å². The van der Waals surface area contributed by atoms with Crippen molar-refractivity contribution >= 4 is 21.6 Å². The number of hydrogen-bond acceptors (Lipinski definition) is 3. The molecule has 0 heterocycles.